The fraction of sp³-hybridized carbons (Fsp3) is 0.462. The summed E-state index contributed by atoms with van der Waals surface area (Å²) in [7, 11) is 0. The van der Waals surface area contributed by atoms with Crippen LogP contribution in [0.25, 0.3) is 0 Å². The van der Waals surface area contributed by atoms with E-state index in [2.05, 4.69) is 15.9 Å². The summed E-state index contributed by atoms with van der Waals surface area (Å²) >= 11 is 3.05. The van der Waals surface area contributed by atoms with Crippen molar-refractivity contribution in [2.45, 2.75) is 26.9 Å². The van der Waals surface area contributed by atoms with Crippen LogP contribution in [0, 0.1) is 11.6 Å². The van der Waals surface area contributed by atoms with Gasteiger partial charge in [-0.05, 0) is 32.9 Å². The summed E-state index contributed by atoms with van der Waals surface area (Å²) in [5.41, 5.74) is 0. The number of benzene rings is 1. The molecule has 0 bridgehead atoms. The first-order chi connectivity index (χ1) is 8.90. The van der Waals surface area contributed by atoms with Gasteiger partial charge in [0.2, 0.25) is 5.82 Å². The average molecular weight is 336 g/mol. The van der Waals surface area contributed by atoms with Gasteiger partial charge in [0.25, 0.3) is 5.91 Å². The smallest absolute Gasteiger partial charge is 0.263 e. The lowest BCUT2D eigenvalue weighted by molar-refractivity contribution is -0.137. The Kier molecular flexibility index (Phi) is 5.72. The summed E-state index contributed by atoms with van der Waals surface area (Å²) in [5.74, 6) is -2.65. The van der Waals surface area contributed by atoms with Crippen LogP contribution in [0.2, 0.25) is 0 Å². The Hall–Kier alpha value is -1.17. The Balaban J connectivity index is 2.88. The zero-order chi connectivity index (χ0) is 14.6. The molecular formula is C13H16BrF2NO2. The number of halogens is 3. The molecule has 0 aliphatic rings. The molecule has 19 heavy (non-hydrogen) atoms. The average Bonchev–Trinajstić information content (AvgIpc) is 2.36. The molecule has 1 atom stereocenters. The molecule has 0 N–H and O–H groups in total. The van der Waals surface area contributed by atoms with Gasteiger partial charge in [-0.3, -0.25) is 4.79 Å². The minimum atomic E-state index is -1.10. The van der Waals surface area contributed by atoms with Crippen molar-refractivity contribution in [1.82, 2.24) is 4.90 Å². The number of carbonyl (C=O) groups is 1. The Morgan fingerprint density at radius 1 is 1.37 bits per heavy atom. The van der Waals surface area contributed by atoms with E-state index in [0.29, 0.717) is 17.6 Å². The van der Waals surface area contributed by atoms with Crippen LogP contribution in [-0.2, 0) is 4.79 Å². The summed E-state index contributed by atoms with van der Waals surface area (Å²) in [6.07, 6.45) is -0.872. The van der Waals surface area contributed by atoms with E-state index in [1.54, 1.807) is 4.90 Å². The maximum Gasteiger partial charge on any atom is 0.263 e. The predicted octanol–water partition coefficient (Wildman–Crippen LogP) is 3.36. The van der Waals surface area contributed by atoms with Gasteiger partial charge in [0.15, 0.2) is 17.7 Å². The summed E-state index contributed by atoms with van der Waals surface area (Å²) in [4.78, 5) is 13.5. The van der Waals surface area contributed by atoms with E-state index in [0.717, 1.165) is 6.07 Å². The number of rotatable bonds is 5. The van der Waals surface area contributed by atoms with E-state index in [1.165, 1.54) is 13.0 Å². The Morgan fingerprint density at radius 3 is 2.47 bits per heavy atom. The first-order valence-corrected chi connectivity index (χ1v) is 6.79. The van der Waals surface area contributed by atoms with E-state index >= 15 is 0 Å². The maximum atomic E-state index is 13.5. The number of ether oxygens (including phenoxy) is 1. The third-order valence-corrected chi connectivity index (χ3v) is 3.14. The molecule has 0 radical (unpaired) electrons. The maximum absolute atomic E-state index is 13.5. The molecule has 1 aromatic carbocycles. The van der Waals surface area contributed by atoms with E-state index in [1.807, 2.05) is 13.8 Å². The third kappa shape index (κ3) is 3.89. The summed E-state index contributed by atoms with van der Waals surface area (Å²) in [6.45, 7) is 6.27. The topological polar surface area (TPSA) is 29.5 Å². The normalized spacial score (nSPS) is 12.1. The Labute approximate surface area is 119 Å². The zero-order valence-electron chi connectivity index (χ0n) is 11.0. The van der Waals surface area contributed by atoms with Crippen molar-refractivity contribution >= 4 is 21.8 Å². The molecule has 0 aliphatic heterocycles. The minimum absolute atomic E-state index is 0.259. The largest absolute Gasteiger partial charge is 0.478 e. The number of carbonyl (C=O) groups excluding carboxylic acids is 1. The van der Waals surface area contributed by atoms with Crippen LogP contribution in [0.15, 0.2) is 16.6 Å². The van der Waals surface area contributed by atoms with E-state index in [4.69, 9.17) is 4.74 Å². The molecule has 0 aliphatic carbocycles. The first kappa shape index (κ1) is 15.9. The second-order valence-electron chi connectivity index (χ2n) is 3.97. The van der Waals surface area contributed by atoms with Gasteiger partial charge in [0, 0.05) is 17.6 Å². The van der Waals surface area contributed by atoms with E-state index in [9.17, 15) is 13.6 Å². The van der Waals surface area contributed by atoms with Crippen LogP contribution in [0.4, 0.5) is 8.78 Å². The molecule has 0 fully saturated rings. The predicted molar refractivity (Wildman–Crippen MR) is 72.1 cm³/mol. The fourth-order valence-corrected chi connectivity index (χ4v) is 2.06. The zero-order valence-corrected chi connectivity index (χ0v) is 12.6. The second-order valence-corrected chi connectivity index (χ2v) is 4.89. The number of hydrogen-bond acceptors (Lipinski definition) is 2. The van der Waals surface area contributed by atoms with Crippen LogP contribution in [0.3, 0.4) is 0 Å². The second kappa shape index (κ2) is 6.84. The highest BCUT2D eigenvalue weighted by Crippen LogP contribution is 2.26. The standard InChI is InChI=1S/C13H16BrF2NO2/c1-4-17(5-2)13(18)8(3)19-11-7-9(14)6-10(15)12(11)16/h6-8H,4-5H2,1-3H3. The quantitative estimate of drug-likeness (QED) is 0.772. The lowest BCUT2D eigenvalue weighted by Gasteiger charge is -2.23. The number of amides is 1. The van der Waals surface area contributed by atoms with Crippen molar-refractivity contribution in [2.75, 3.05) is 13.1 Å². The Bertz CT molecular complexity index is 464. The summed E-state index contributed by atoms with van der Waals surface area (Å²) < 4.78 is 32.3. The molecule has 1 amide bonds. The number of hydrogen-bond donors (Lipinski definition) is 0. The molecular weight excluding hydrogens is 320 g/mol. The molecule has 0 saturated carbocycles. The monoisotopic (exact) mass is 335 g/mol. The van der Waals surface area contributed by atoms with Crippen molar-refractivity contribution < 1.29 is 18.3 Å². The van der Waals surface area contributed by atoms with Crippen LogP contribution in [-0.4, -0.2) is 30.0 Å². The summed E-state index contributed by atoms with van der Waals surface area (Å²) in [6, 6.07) is 2.30. The Morgan fingerprint density at radius 2 is 1.95 bits per heavy atom. The van der Waals surface area contributed by atoms with Crippen molar-refractivity contribution in [3.8, 4) is 5.75 Å². The third-order valence-electron chi connectivity index (χ3n) is 2.69. The first-order valence-electron chi connectivity index (χ1n) is 6.00. The fourth-order valence-electron chi connectivity index (χ4n) is 1.65. The molecule has 0 saturated heterocycles. The highest BCUT2D eigenvalue weighted by atomic mass is 79.9. The highest BCUT2D eigenvalue weighted by molar-refractivity contribution is 9.10. The van der Waals surface area contributed by atoms with Crippen LogP contribution in [0.5, 0.6) is 5.75 Å². The van der Waals surface area contributed by atoms with Crippen molar-refractivity contribution in [3.63, 3.8) is 0 Å². The van der Waals surface area contributed by atoms with E-state index < -0.39 is 17.7 Å². The molecule has 6 heteroatoms. The highest BCUT2D eigenvalue weighted by Gasteiger charge is 2.22. The van der Waals surface area contributed by atoms with Gasteiger partial charge >= 0.3 is 0 Å². The van der Waals surface area contributed by atoms with Gasteiger partial charge in [-0.1, -0.05) is 15.9 Å². The molecule has 1 unspecified atom stereocenters. The molecule has 0 heterocycles. The van der Waals surface area contributed by atoms with Gasteiger partial charge in [-0.25, -0.2) is 4.39 Å². The summed E-state index contributed by atoms with van der Waals surface area (Å²) in [5, 5.41) is 0. The van der Waals surface area contributed by atoms with Crippen molar-refractivity contribution in [2.24, 2.45) is 0 Å². The molecule has 1 rings (SSSR count). The van der Waals surface area contributed by atoms with Gasteiger partial charge in [-0.15, -0.1) is 0 Å². The lowest BCUT2D eigenvalue weighted by Crippen LogP contribution is -2.40. The molecule has 0 aromatic heterocycles. The number of nitrogens with zero attached hydrogens (tertiary/aromatic N) is 1. The van der Waals surface area contributed by atoms with Gasteiger partial charge in [-0.2, -0.15) is 4.39 Å². The molecule has 0 spiro atoms. The lowest BCUT2D eigenvalue weighted by atomic mass is 10.3. The van der Waals surface area contributed by atoms with Gasteiger partial charge in [0.1, 0.15) is 0 Å². The molecule has 1 aromatic rings. The molecule has 3 nitrogen and oxygen atoms in total. The van der Waals surface area contributed by atoms with Crippen LogP contribution in [0.1, 0.15) is 20.8 Å². The van der Waals surface area contributed by atoms with Crippen LogP contribution >= 0.6 is 15.9 Å². The SMILES string of the molecule is CCN(CC)C(=O)C(C)Oc1cc(Br)cc(F)c1F. The minimum Gasteiger partial charge on any atom is -0.478 e. The molecule has 106 valence electrons. The van der Waals surface area contributed by atoms with E-state index in [-0.39, 0.29) is 11.7 Å². The van der Waals surface area contributed by atoms with Gasteiger partial charge in [0.05, 0.1) is 0 Å². The van der Waals surface area contributed by atoms with Gasteiger partial charge < -0.3 is 9.64 Å². The van der Waals surface area contributed by atoms with Crippen molar-refractivity contribution in [1.29, 1.82) is 0 Å². The van der Waals surface area contributed by atoms with Crippen LogP contribution < -0.4 is 4.74 Å². The van der Waals surface area contributed by atoms with Crippen molar-refractivity contribution in [3.05, 3.63) is 28.2 Å². The number of likely N-dealkylation sites (N-methyl/N-ethyl adjacent to an activating group) is 1.